The van der Waals surface area contributed by atoms with Crippen molar-refractivity contribution < 1.29 is 9.47 Å². The minimum atomic E-state index is 0.672. The third-order valence-electron chi connectivity index (χ3n) is 3.05. The number of fused-ring (bicyclic) bond motifs is 1. The molecule has 0 unspecified atom stereocenters. The normalized spacial score (nSPS) is 11.2. The smallest absolute Gasteiger partial charge is 0.0700 e. The molecule has 0 aliphatic heterocycles. The molecule has 0 saturated carbocycles. The number of hydrogen-bond acceptors (Lipinski definition) is 2. The standard InChI is InChI=1S/C15H21NO2/c1-13-4-5-14-6-8-16(15(14)12-13)7-3-9-18-11-10-17-2/h4-6,8,12H,3,7,9-11H2,1-2H3. The van der Waals surface area contributed by atoms with Crippen LogP contribution in [0.15, 0.2) is 30.5 Å². The third kappa shape index (κ3) is 3.34. The predicted octanol–water partition coefficient (Wildman–Crippen LogP) is 3.00. The Bertz CT molecular complexity index is 490. The van der Waals surface area contributed by atoms with E-state index in [1.165, 1.54) is 16.5 Å². The highest BCUT2D eigenvalue weighted by molar-refractivity contribution is 5.80. The van der Waals surface area contributed by atoms with Gasteiger partial charge >= 0.3 is 0 Å². The second-order valence-electron chi connectivity index (χ2n) is 4.53. The van der Waals surface area contributed by atoms with Crippen molar-refractivity contribution in [3.05, 3.63) is 36.0 Å². The summed E-state index contributed by atoms with van der Waals surface area (Å²) in [6.07, 6.45) is 3.18. The van der Waals surface area contributed by atoms with Crippen LogP contribution < -0.4 is 0 Å². The summed E-state index contributed by atoms with van der Waals surface area (Å²) < 4.78 is 12.7. The zero-order valence-electron chi connectivity index (χ0n) is 11.2. The van der Waals surface area contributed by atoms with Gasteiger partial charge in [-0.25, -0.2) is 0 Å². The number of benzene rings is 1. The van der Waals surface area contributed by atoms with Gasteiger partial charge in [0, 0.05) is 32.0 Å². The second kappa shape index (κ2) is 6.57. The van der Waals surface area contributed by atoms with Crippen LogP contribution in [0.5, 0.6) is 0 Å². The minimum absolute atomic E-state index is 0.672. The molecule has 0 amide bonds. The molecule has 0 N–H and O–H groups in total. The fourth-order valence-corrected chi connectivity index (χ4v) is 2.07. The van der Waals surface area contributed by atoms with Crippen LogP contribution in [0.2, 0.25) is 0 Å². The molecule has 0 aliphatic rings. The quantitative estimate of drug-likeness (QED) is 0.702. The van der Waals surface area contributed by atoms with Gasteiger partial charge in [0.25, 0.3) is 0 Å². The highest BCUT2D eigenvalue weighted by Crippen LogP contribution is 2.17. The lowest BCUT2D eigenvalue weighted by Crippen LogP contribution is -2.05. The van der Waals surface area contributed by atoms with Gasteiger partial charge < -0.3 is 14.0 Å². The van der Waals surface area contributed by atoms with E-state index in [0.717, 1.165) is 19.6 Å². The van der Waals surface area contributed by atoms with Crippen LogP contribution >= 0.6 is 0 Å². The average molecular weight is 247 g/mol. The fraction of sp³-hybridized carbons (Fsp3) is 0.467. The molecule has 18 heavy (non-hydrogen) atoms. The lowest BCUT2D eigenvalue weighted by Gasteiger charge is -2.07. The molecular weight excluding hydrogens is 226 g/mol. The summed E-state index contributed by atoms with van der Waals surface area (Å²) in [4.78, 5) is 0. The zero-order chi connectivity index (χ0) is 12.8. The third-order valence-corrected chi connectivity index (χ3v) is 3.05. The first kappa shape index (κ1) is 13.1. The van der Waals surface area contributed by atoms with Gasteiger partial charge in [-0.1, -0.05) is 12.1 Å². The number of aryl methyl sites for hydroxylation is 2. The van der Waals surface area contributed by atoms with E-state index in [9.17, 15) is 0 Å². The van der Waals surface area contributed by atoms with Crippen molar-refractivity contribution in [3.8, 4) is 0 Å². The number of nitrogens with zero attached hydrogens (tertiary/aromatic N) is 1. The van der Waals surface area contributed by atoms with Gasteiger partial charge in [0.15, 0.2) is 0 Å². The molecule has 0 atom stereocenters. The van der Waals surface area contributed by atoms with Crippen molar-refractivity contribution >= 4 is 10.9 Å². The SMILES string of the molecule is COCCOCCCn1ccc2ccc(C)cc21. The first-order valence-electron chi connectivity index (χ1n) is 6.43. The van der Waals surface area contributed by atoms with Crippen LogP contribution in [0.3, 0.4) is 0 Å². The summed E-state index contributed by atoms with van der Waals surface area (Å²) in [7, 11) is 1.69. The molecule has 1 aromatic carbocycles. The van der Waals surface area contributed by atoms with Crippen molar-refractivity contribution in [2.24, 2.45) is 0 Å². The molecule has 1 aromatic heterocycles. The lowest BCUT2D eigenvalue weighted by molar-refractivity contribution is 0.0681. The summed E-state index contributed by atoms with van der Waals surface area (Å²) in [5.74, 6) is 0. The molecule has 0 bridgehead atoms. The van der Waals surface area contributed by atoms with E-state index in [-0.39, 0.29) is 0 Å². The van der Waals surface area contributed by atoms with E-state index in [4.69, 9.17) is 9.47 Å². The molecular formula is C15H21NO2. The first-order valence-corrected chi connectivity index (χ1v) is 6.43. The van der Waals surface area contributed by atoms with Crippen LogP contribution in [-0.2, 0) is 16.0 Å². The van der Waals surface area contributed by atoms with E-state index >= 15 is 0 Å². The lowest BCUT2D eigenvalue weighted by atomic mass is 10.2. The van der Waals surface area contributed by atoms with E-state index < -0.39 is 0 Å². The Balaban J connectivity index is 1.86. The maximum atomic E-state index is 5.47. The molecule has 0 spiro atoms. The molecule has 0 saturated heterocycles. The number of aromatic nitrogens is 1. The van der Waals surface area contributed by atoms with Crippen molar-refractivity contribution in [1.82, 2.24) is 4.57 Å². The number of ether oxygens (including phenoxy) is 2. The molecule has 0 fully saturated rings. The topological polar surface area (TPSA) is 23.4 Å². The van der Waals surface area contributed by atoms with E-state index in [2.05, 4.69) is 42.0 Å². The van der Waals surface area contributed by atoms with Gasteiger partial charge in [0.1, 0.15) is 0 Å². The summed E-state index contributed by atoms with van der Waals surface area (Å²) in [6, 6.07) is 8.73. The fourth-order valence-electron chi connectivity index (χ4n) is 2.07. The Morgan fingerprint density at radius 1 is 1.11 bits per heavy atom. The van der Waals surface area contributed by atoms with Gasteiger partial charge in [-0.3, -0.25) is 0 Å². The summed E-state index contributed by atoms with van der Waals surface area (Å²) >= 11 is 0. The molecule has 3 heteroatoms. The minimum Gasteiger partial charge on any atom is -0.382 e. The van der Waals surface area contributed by atoms with E-state index in [1.54, 1.807) is 7.11 Å². The van der Waals surface area contributed by atoms with Crippen LogP contribution in [0.25, 0.3) is 10.9 Å². The van der Waals surface area contributed by atoms with Gasteiger partial charge in [-0.15, -0.1) is 0 Å². The summed E-state index contributed by atoms with van der Waals surface area (Å²) in [6.45, 7) is 5.27. The van der Waals surface area contributed by atoms with E-state index in [0.29, 0.717) is 13.2 Å². The Labute approximate surface area is 108 Å². The largest absolute Gasteiger partial charge is 0.382 e. The second-order valence-corrected chi connectivity index (χ2v) is 4.53. The van der Waals surface area contributed by atoms with Crippen LogP contribution in [0.1, 0.15) is 12.0 Å². The van der Waals surface area contributed by atoms with Gasteiger partial charge in [-0.2, -0.15) is 0 Å². The summed E-state index contributed by atoms with van der Waals surface area (Å²) in [5.41, 5.74) is 2.62. The number of hydrogen-bond donors (Lipinski definition) is 0. The molecule has 2 aromatic rings. The molecule has 0 radical (unpaired) electrons. The van der Waals surface area contributed by atoms with Crippen molar-refractivity contribution in [1.29, 1.82) is 0 Å². The maximum Gasteiger partial charge on any atom is 0.0700 e. The molecule has 98 valence electrons. The van der Waals surface area contributed by atoms with Crippen molar-refractivity contribution in [2.45, 2.75) is 19.9 Å². The maximum absolute atomic E-state index is 5.47. The van der Waals surface area contributed by atoms with Gasteiger partial charge in [-0.05, 0) is 36.4 Å². The Kier molecular flexibility index (Phi) is 4.79. The average Bonchev–Trinajstić information content (AvgIpc) is 2.76. The zero-order valence-corrected chi connectivity index (χ0v) is 11.2. The molecule has 1 heterocycles. The van der Waals surface area contributed by atoms with Crippen LogP contribution in [-0.4, -0.2) is 31.5 Å². The molecule has 3 nitrogen and oxygen atoms in total. The Morgan fingerprint density at radius 3 is 2.83 bits per heavy atom. The number of rotatable bonds is 7. The van der Waals surface area contributed by atoms with Crippen LogP contribution in [0.4, 0.5) is 0 Å². The van der Waals surface area contributed by atoms with Gasteiger partial charge in [0.05, 0.1) is 13.2 Å². The van der Waals surface area contributed by atoms with Crippen molar-refractivity contribution in [3.63, 3.8) is 0 Å². The van der Waals surface area contributed by atoms with Crippen LogP contribution in [0, 0.1) is 6.92 Å². The number of methoxy groups -OCH3 is 1. The highest BCUT2D eigenvalue weighted by Gasteiger charge is 2.00. The van der Waals surface area contributed by atoms with E-state index in [1.807, 2.05) is 0 Å². The van der Waals surface area contributed by atoms with Crippen molar-refractivity contribution in [2.75, 3.05) is 26.9 Å². The molecule has 2 rings (SSSR count). The molecule has 0 aliphatic carbocycles. The monoisotopic (exact) mass is 247 g/mol. The Morgan fingerprint density at radius 2 is 2.00 bits per heavy atom. The predicted molar refractivity (Wildman–Crippen MR) is 74.0 cm³/mol. The highest BCUT2D eigenvalue weighted by atomic mass is 16.5. The summed E-state index contributed by atoms with van der Waals surface area (Å²) in [5, 5.41) is 1.31. The van der Waals surface area contributed by atoms with Gasteiger partial charge in [0.2, 0.25) is 0 Å². The Hall–Kier alpha value is -1.32. The first-order chi connectivity index (χ1) is 8.81.